The Morgan fingerprint density at radius 1 is 1.06 bits per heavy atom. The zero-order chi connectivity index (χ0) is 23.8. The number of hydrogen-bond donors (Lipinski definition) is 1. The smallest absolute Gasteiger partial charge is 0.256 e. The lowest BCUT2D eigenvalue weighted by atomic mass is 10.0. The third kappa shape index (κ3) is 3.90. The molecule has 0 saturated carbocycles. The molecule has 5 nitrogen and oxygen atoms in total. The average molecular weight is 474 g/mol. The van der Waals surface area contributed by atoms with E-state index in [4.69, 9.17) is 17.3 Å². The van der Waals surface area contributed by atoms with Crippen molar-refractivity contribution in [3.05, 3.63) is 112 Å². The van der Waals surface area contributed by atoms with Crippen molar-refractivity contribution in [2.75, 3.05) is 0 Å². The Morgan fingerprint density at radius 2 is 1.82 bits per heavy atom. The lowest BCUT2D eigenvalue weighted by molar-refractivity contribution is 0.0658. The molecule has 5 rings (SSSR count). The van der Waals surface area contributed by atoms with E-state index in [2.05, 4.69) is 4.98 Å². The number of benzene rings is 3. The lowest BCUT2D eigenvalue weighted by Gasteiger charge is -2.31. The van der Waals surface area contributed by atoms with E-state index in [0.717, 1.165) is 10.8 Å². The Hall–Kier alpha value is -3.77. The number of primary amides is 1. The van der Waals surface area contributed by atoms with Gasteiger partial charge in [-0.3, -0.25) is 14.6 Å². The number of nitrogens with zero attached hydrogens (tertiary/aromatic N) is 2. The molecule has 0 unspecified atom stereocenters. The van der Waals surface area contributed by atoms with Crippen LogP contribution in [0.25, 0.3) is 10.8 Å². The van der Waals surface area contributed by atoms with Crippen LogP contribution in [-0.4, -0.2) is 21.7 Å². The first-order valence-electron chi connectivity index (χ1n) is 10.9. The summed E-state index contributed by atoms with van der Waals surface area (Å²) in [6, 6.07) is 17.1. The Kier molecular flexibility index (Phi) is 5.75. The lowest BCUT2D eigenvalue weighted by Crippen LogP contribution is -2.34. The summed E-state index contributed by atoms with van der Waals surface area (Å²) in [6.45, 7) is 0.124. The molecule has 2 N–H and O–H groups in total. The van der Waals surface area contributed by atoms with Crippen molar-refractivity contribution in [1.29, 1.82) is 0 Å². The molecule has 34 heavy (non-hydrogen) atoms. The molecule has 1 heterocycles. The van der Waals surface area contributed by atoms with Gasteiger partial charge in [0.2, 0.25) is 5.91 Å². The van der Waals surface area contributed by atoms with Gasteiger partial charge in [-0.05, 0) is 53.1 Å². The van der Waals surface area contributed by atoms with Crippen LogP contribution in [0.4, 0.5) is 4.39 Å². The van der Waals surface area contributed by atoms with Crippen molar-refractivity contribution >= 4 is 34.2 Å². The third-order valence-electron chi connectivity index (χ3n) is 6.38. The molecule has 0 spiro atoms. The molecule has 1 aliphatic rings. The first kappa shape index (κ1) is 22.0. The van der Waals surface area contributed by atoms with Gasteiger partial charge < -0.3 is 10.6 Å². The Morgan fingerprint density at radius 3 is 2.65 bits per heavy atom. The number of amides is 2. The predicted molar refractivity (Wildman–Crippen MR) is 129 cm³/mol. The molecule has 1 aromatic heterocycles. The Balaban J connectivity index is 1.65. The highest BCUT2D eigenvalue weighted by molar-refractivity contribution is 6.30. The number of aromatic nitrogens is 1. The van der Waals surface area contributed by atoms with Gasteiger partial charge in [-0.15, -0.1) is 0 Å². The topological polar surface area (TPSA) is 76.3 Å². The van der Waals surface area contributed by atoms with E-state index in [-0.39, 0.29) is 23.3 Å². The molecule has 170 valence electrons. The molecule has 0 fully saturated rings. The van der Waals surface area contributed by atoms with Gasteiger partial charge in [0, 0.05) is 34.9 Å². The molecule has 0 saturated heterocycles. The van der Waals surface area contributed by atoms with Crippen LogP contribution in [0.1, 0.15) is 49.9 Å². The van der Waals surface area contributed by atoms with Crippen LogP contribution in [0, 0.1) is 5.82 Å². The minimum atomic E-state index is -0.573. The molecule has 4 aromatic rings. The van der Waals surface area contributed by atoms with E-state index in [0.29, 0.717) is 40.7 Å². The normalized spacial score (nSPS) is 14.7. The van der Waals surface area contributed by atoms with E-state index in [9.17, 15) is 14.0 Å². The van der Waals surface area contributed by atoms with Gasteiger partial charge in [-0.1, -0.05) is 54.1 Å². The molecule has 0 radical (unpaired) electrons. The zero-order valence-corrected chi connectivity index (χ0v) is 18.9. The maximum absolute atomic E-state index is 14.7. The SMILES string of the molecule is NC(=O)c1ccccc1CN(C(=O)c1cncc2ccccc12)[C@@H]1CCc2c(F)cc(Cl)cc21. The van der Waals surface area contributed by atoms with Crippen molar-refractivity contribution in [2.45, 2.75) is 25.4 Å². The number of rotatable bonds is 5. The average Bonchev–Trinajstić information content (AvgIpc) is 3.25. The summed E-state index contributed by atoms with van der Waals surface area (Å²) in [5.41, 5.74) is 8.24. The van der Waals surface area contributed by atoms with E-state index < -0.39 is 11.9 Å². The highest BCUT2D eigenvalue weighted by atomic mass is 35.5. The zero-order valence-electron chi connectivity index (χ0n) is 18.2. The van der Waals surface area contributed by atoms with Crippen molar-refractivity contribution in [1.82, 2.24) is 9.88 Å². The highest BCUT2D eigenvalue weighted by Crippen LogP contribution is 2.40. The van der Waals surface area contributed by atoms with Gasteiger partial charge in [0.25, 0.3) is 5.91 Å². The van der Waals surface area contributed by atoms with Gasteiger partial charge >= 0.3 is 0 Å². The molecule has 1 aliphatic carbocycles. The summed E-state index contributed by atoms with van der Waals surface area (Å²) >= 11 is 6.19. The predicted octanol–water partition coefficient (Wildman–Crippen LogP) is 5.46. The van der Waals surface area contributed by atoms with E-state index in [1.54, 1.807) is 47.6 Å². The van der Waals surface area contributed by atoms with Gasteiger partial charge in [-0.25, -0.2) is 4.39 Å². The van der Waals surface area contributed by atoms with E-state index >= 15 is 0 Å². The van der Waals surface area contributed by atoms with Gasteiger partial charge in [0.15, 0.2) is 0 Å². The van der Waals surface area contributed by atoms with Crippen LogP contribution in [0.5, 0.6) is 0 Å². The molecular weight excluding hydrogens is 453 g/mol. The minimum absolute atomic E-state index is 0.124. The van der Waals surface area contributed by atoms with Crippen LogP contribution >= 0.6 is 11.6 Å². The summed E-state index contributed by atoms with van der Waals surface area (Å²) in [5, 5.41) is 1.89. The molecule has 3 aromatic carbocycles. The van der Waals surface area contributed by atoms with Gasteiger partial charge in [-0.2, -0.15) is 0 Å². The maximum atomic E-state index is 14.7. The summed E-state index contributed by atoms with van der Waals surface area (Å²) in [7, 11) is 0. The summed E-state index contributed by atoms with van der Waals surface area (Å²) in [5.74, 6) is -1.21. The Bertz CT molecular complexity index is 1430. The monoisotopic (exact) mass is 473 g/mol. The fourth-order valence-electron chi connectivity index (χ4n) is 4.79. The largest absolute Gasteiger partial charge is 0.366 e. The second-order valence-electron chi connectivity index (χ2n) is 8.37. The van der Waals surface area contributed by atoms with Gasteiger partial charge in [0.1, 0.15) is 5.82 Å². The fraction of sp³-hybridized carbons (Fsp3) is 0.148. The first-order valence-corrected chi connectivity index (χ1v) is 11.3. The number of halogens is 2. The minimum Gasteiger partial charge on any atom is -0.366 e. The first-order chi connectivity index (χ1) is 16.4. The van der Waals surface area contributed by atoms with Crippen LogP contribution in [0.15, 0.2) is 73.1 Å². The van der Waals surface area contributed by atoms with Crippen molar-refractivity contribution < 1.29 is 14.0 Å². The highest BCUT2D eigenvalue weighted by Gasteiger charge is 2.34. The van der Waals surface area contributed by atoms with E-state index in [1.807, 2.05) is 24.3 Å². The second-order valence-corrected chi connectivity index (χ2v) is 8.81. The molecule has 2 amide bonds. The summed E-state index contributed by atoms with van der Waals surface area (Å²) < 4.78 is 14.7. The number of carbonyl (C=O) groups excluding carboxylic acids is 2. The maximum Gasteiger partial charge on any atom is 0.256 e. The van der Waals surface area contributed by atoms with Crippen LogP contribution in [0.3, 0.4) is 0 Å². The van der Waals surface area contributed by atoms with Crippen LogP contribution < -0.4 is 5.73 Å². The number of nitrogens with two attached hydrogens (primary N) is 1. The second kappa shape index (κ2) is 8.88. The standard InChI is InChI=1S/C27H21ClFN3O2/c28-18-11-22-21(24(29)12-18)9-10-25(22)32(15-17-6-2-4-8-20(17)26(30)33)27(34)23-14-31-13-16-5-1-3-7-19(16)23/h1-8,11-14,25H,9-10,15H2,(H2,30,33)/t25-/m1/s1. The fourth-order valence-corrected chi connectivity index (χ4v) is 5.01. The van der Waals surface area contributed by atoms with Crippen molar-refractivity contribution in [3.63, 3.8) is 0 Å². The Labute approximate surface area is 201 Å². The van der Waals surface area contributed by atoms with Crippen molar-refractivity contribution in [2.24, 2.45) is 5.73 Å². The van der Waals surface area contributed by atoms with Crippen LogP contribution in [0.2, 0.25) is 5.02 Å². The van der Waals surface area contributed by atoms with Crippen molar-refractivity contribution in [3.8, 4) is 0 Å². The molecule has 1 atom stereocenters. The van der Waals surface area contributed by atoms with Gasteiger partial charge in [0.05, 0.1) is 11.6 Å². The quantitative estimate of drug-likeness (QED) is 0.418. The molecule has 0 bridgehead atoms. The van der Waals surface area contributed by atoms with Crippen LogP contribution in [-0.2, 0) is 13.0 Å². The molecular formula is C27H21ClFN3O2. The third-order valence-corrected chi connectivity index (χ3v) is 6.60. The summed E-state index contributed by atoms with van der Waals surface area (Å²) in [6.07, 6.45) is 4.28. The summed E-state index contributed by atoms with van der Waals surface area (Å²) in [4.78, 5) is 32.1. The number of carbonyl (C=O) groups is 2. The number of fused-ring (bicyclic) bond motifs is 2. The molecule has 7 heteroatoms. The number of pyridine rings is 1. The van der Waals surface area contributed by atoms with E-state index in [1.165, 1.54) is 6.07 Å². The molecule has 0 aliphatic heterocycles. The number of hydrogen-bond acceptors (Lipinski definition) is 3.